The summed E-state index contributed by atoms with van der Waals surface area (Å²) in [6.45, 7) is 1.96. The Labute approximate surface area is 119 Å². The predicted octanol–water partition coefficient (Wildman–Crippen LogP) is 2.15. The quantitative estimate of drug-likeness (QED) is 0.634. The number of amides is 2. The predicted molar refractivity (Wildman–Crippen MR) is 77.5 cm³/mol. The SMILES string of the molecule is CCC(CC(N)=S)N1C(=O)CC2(CCCC2)CC1=O. The zero-order chi connectivity index (χ0) is 14.0. The molecule has 0 radical (unpaired) electrons. The molecule has 0 bridgehead atoms. The third-order valence-corrected chi connectivity index (χ3v) is 4.69. The summed E-state index contributed by atoms with van der Waals surface area (Å²) in [7, 11) is 0. The molecule has 1 saturated heterocycles. The molecule has 0 aromatic carbocycles. The van der Waals surface area contributed by atoms with E-state index in [1.807, 2.05) is 6.92 Å². The Balaban J connectivity index is 2.12. The van der Waals surface area contributed by atoms with Crippen LogP contribution in [0.1, 0.15) is 58.3 Å². The van der Waals surface area contributed by atoms with E-state index in [0.717, 1.165) is 25.7 Å². The van der Waals surface area contributed by atoms with Crippen LogP contribution in [0, 0.1) is 5.41 Å². The zero-order valence-electron chi connectivity index (χ0n) is 11.5. The molecule has 106 valence electrons. The lowest BCUT2D eigenvalue weighted by Crippen LogP contribution is -2.52. The highest BCUT2D eigenvalue weighted by molar-refractivity contribution is 7.80. The number of rotatable bonds is 4. The van der Waals surface area contributed by atoms with Crippen molar-refractivity contribution in [1.29, 1.82) is 0 Å². The number of hydrogen-bond acceptors (Lipinski definition) is 3. The molecule has 1 heterocycles. The Hall–Kier alpha value is -0.970. The first-order chi connectivity index (χ1) is 8.97. The fourth-order valence-corrected chi connectivity index (χ4v) is 3.74. The number of piperidine rings is 1. The average molecular weight is 282 g/mol. The normalized spacial score (nSPS) is 23.9. The molecule has 0 aromatic rings. The fraction of sp³-hybridized carbons (Fsp3) is 0.786. The Bertz CT molecular complexity index is 382. The second-order valence-corrected chi connectivity index (χ2v) is 6.48. The molecule has 1 aliphatic heterocycles. The highest BCUT2D eigenvalue weighted by atomic mass is 32.1. The van der Waals surface area contributed by atoms with Gasteiger partial charge in [0.05, 0.1) is 4.99 Å². The van der Waals surface area contributed by atoms with Crippen LogP contribution < -0.4 is 5.73 Å². The smallest absolute Gasteiger partial charge is 0.230 e. The molecule has 2 N–H and O–H groups in total. The van der Waals surface area contributed by atoms with Gasteiger partial charge in [0.15, 0.2) is 0 Å². The molecule has 2 fully saturated rings. The average Bonchev–Trinajstić information content (AvgIpc) is 2.74. The second-order valence-electron chi connectivity index (χ2n) is 5.95. The number of nitrogens with two attached hydrogens (primary N) is 1. The highest BCUT2D eigenvalue weighted by Crippen LogP contribution is 2.47. The van der Waals surface area contributed by atoms with Crippen LogP contribution in [-0.4, -0.2) is 27.7 Å². The van der Waals surface area contributed by atoms with Gasteiger partial charge in [-0.15, -0.1) is 0 Å². The fourth-order valence-electron chi connectivity index (χ4n) is 3.55. The number of thiocarbonyl (C=S) groups is 1. The minimum absolute atomic E-state index is 0.0266. The largest absolute Gasteiger partial charge is 0.393 e. The summed E-state index contributed by atoms with van der Waals surface area (Å²) < 4.78 is 0. The minimum atomic E-state index is -0.156. The van der Waals surface area contributed by atoms with Crippen molar-refractivity contribution in [3.8, 4) is 0 Å². The number of carbonyl (C=O) groups is 2. The number of likely N-dealkylation sites (tertiary alicyclic amines) is 1. The van der Waals surface area contributed by atoms with Crippen LogP contribution in [-0.2, 0) is 9.59 Å². The summed E-state index contributed by atoms with van der Waals surface area (Å²) in [5.41, 5.74) is 5.53. The van der Waals surface area contributed by atoms with Gasteiger partial charge in [0, 0.05) is 25.3 Å². The molecular formula is C14H22N2O2S. The van der Waals surface area contributed by atoms with Gasteiger partial charge in [0.25, 0.3) is 0 Å². The van der Waals surface area contributed by atoms with Gasteiger partial charge in [-0.1, -0.05) is 32.0 Å². The number of nitrogens with zero attached hydrogens (tertiary/aromatic N) is 1. The summed E-state index contributed by atoms with van der Waals surface area (Å²) in [4.78, 5) is 26.5. The van der Waals surface area contributed by atoms with E-state index in [2.05, 4.69) is 0 Å². The van der Waals surface area contributed by atoms with E-state index in [1.54, 1.807) is 0 Å². The topological polar surface area (TPSA) is 63.4 Å². The molecule has 1 unspecified atom stereocenters. The third-order valence-electron chi connectivity index (χ3n) is 4.53. The maximum Gasteiger partial charge on any atom is 0.230 e. The van der Waals surface area contributed by atoms with E-state index >= 15 is 0 Å². The zero-order valence-corrected chi connectivity index (χ0v) is 12.3. The Morgan fingerprint density at radius 3 is 2.26 bits per heavy atom. The molecule has 1 spiro atoms. The molecule has 4 nitrogen and oxygen atoms in total. The van der Waals surface area contributed by atoms with E-state index in [0.29, 0.717) is 30.7 Å². The lowest BCUT2D eigenvalue weighted by molar-refractivity contribution is -0.156. The van der Waals surface area contributed by atoms with Gasteiger partial charge in [-0.3, -0.25) is 14.5 Å². The van der Waals surface area contributed by atoms with E-state index in [-0.39, 0.29) is 23.3 Å². The van der Waals surface area contributed by atoms with E-state index in [4.69, 9.17) is 18.0 Å². The van der Waals surface area contributed by atoms with Gasteiger partial charge in [0.1, 0.15) is 0 Å². The molecule has 1 atom stereocenters. The molecule has 2 aliphatic rings. The van der Waals surface area contributed by atoms with Crippen molar-refractivity contribution < 1.29 is 9.59 Å². The molecule has 2 rings (SSSR count). The van der Waals surface area contributed by atoms with Gasteiger partial charge in [-0.2, -0.15) is 0 Å². The first-order valence-corrected chi connectivity index (χ1v) is 7.51. The maximum atomic E-state index is 12.4. The van der Waals surface area contributed by atoms with Crippen molar-refractivity contribution in [2.75, 3.05) is 0 Å². The van der Waals surface area contributed by atoms with Crippen LogP contribution in [0.4, 0.5) is 0 Å². The monoisotopic (exact) mass is 282 g/mol. The molecule has 1 saturated carbocycles. The Morgan fingerprint density at radius 1 is 1.32 bits per heavy atom. The highest BCUT2D eigenvalue weighted by Gasteiger charge is 2.46. The van der Waals surface area contributed by atoms with Crippen LogP contribution >= 0.6 is 12.2 Å². The van der Waals surface area contributed by atoms with Crippen LogP contribution in [0.25, 0.3) is 0 Å². The van der Waals surface area contributed by atoms with E-state index < -0.39 is 0 Å². The first-order valence-electron chi connectivity index (χ1n) is 7.10. The summed E-state index contributed by atoms with van der Waals surface area (Å²) in [6.07, 6.45) is 6.52. The van der Waals surface area contributed by atoms with Gasteiger partial charge in [-0.25, -0.2) is 0 Å². The molecular weight excluding hydrogens is 260 g/mol. The summed E-state index contributed by atoms with van der Waals surface area (Å²) in [6, 6.07) is -0.156. The first kappa shape index (κ1) is 14.4. The standard InChI is InChI=1S/C14H22N2O2S/c1-2-10(7-11(15)19)16-12(17)8-14(9-13(16)18)5-3-4-6-14/h10H,2-9H2,1H3,(H2,15,19). The lowest BCUT2D eigenvalue weighted by Gasteiger charge is -2.40. The third kappa shape index (κ3) is 2.96. The van der Waals surface area contributed by atoms with Crippen LogP contribution in [0.3, 0.4) is 0 Å². The molecule has 0 aromatic heterocycles. The van der Waals surface area contributed by atoms with Crippen molar-refractivity contribution in [2.24, 2.45) is 11.1 Å². The molecule has 1 aliphatic carbocycles. The van der Waals surface area contributed by atoms with Gasteiger partial charge in [-0.05, 0) is 24.7 Å². The van der Waals surface area contributed by atoms with Crippen LogP contribution in [0.5, 0.6) is 0 Å². The minimum Gasteiger partial charge on any atom is -0.393 e. The maximum absolute atomic E-state index is 12.4. The number of carbonyl (C=O) groups excluding carboxylic acids is 2. The van der Waals surface area contributed by atoms with Crippen LogP contribution in [0.2, 0.25) is 0 Å². The Kier molecular flexibility index (Phi) is 4.23. The van der Waals surface area contributed by atoms with Crippen LogP contribution in [0.15, 0.2) is 0 Å². The van der Waals surface area contributed by atoms with Crippen molar-refractivity contribution >= 4 is 29.0 Å². The Morgan fingerprint density at radius 2 is 1.84 bits per heavy atom. The van der Waals surface area contributed by atoms with Crippen molar-refractivity contribution in [1.82, 2.24) is 4.90 Å². The van der Waals surface area contributed by atoms with E-state index in [1.165, 1.54) is 4.90 Å². The summed E-state index contributed by atoms with van der Waals surface area (Å²) >= 11 is 4.91. The molecule has 5 heteroatoms. The van der Waals surface area contributed by atoms with Crippen molar-refractivity contribution in [3.05, 3.63) is 0 Å². The van der Waals surface area contributed by atoms with Gasteiger partial charge in [0.2, 0.25) is 11.8 Å². The molecule has 19 heavy (non-hydrogen) atoms. The summed E-state index contributed by atoms with van der Waals surface area (Å²) in [5.74, 6) is -0.0532. The van der Waals surface area contributed by atoms with Gasteiger partial charge < -0.3 is 5.73 Å². The lowest BCUT2D eigenvalue weighted by atomic mass is 9.76. The van der Waals surface area contributed by atoms with Crippen molar-refractivity contribution in [2.45, 2.75) is 64.3 Å². The molecule has 2 amide bonds. The second kappa shape index (κ2) is 5.57. The number of imide groups is 1. The number of hydrogen-bond donors (Lipinski definition) is 1. The van der Waals surface area contributed by atoms with E-state index in [9.17, 15) is 9.59 Å². The van der Waals surface area contributed by atoms with Gasteiger partial charge >= 0.3 is 0 Å². The summed E-state index contributed by atoms with van der Waals surface area (Å²) in [5, 5.41) is 0. The van der Waals surface area contributed by atoms with Crippen molar-refractivity contribution in [3.63, 3.8) is 0 Å².